The summed E-state index contributed by atoms with van der Waals surface area (Å²) in [5.41, 5.74) is 6.36. The Labute approximate surface area is 130 Å². The van der Waals surface area contributed by atoms with Crippen molar-refractivity contribution in [3.05, 3.63) is 57.8 Å². The van der Waals surface area contributed by atoms with Gasteiger partial charge in [-0.25, -0.2) is 9.18 Å². The maximum atomic E-state index is 13.4. The quantitative estimate of drug-likeness (QED) is 0.826. The van der Waals surface area contributed by atoms with Crippen LogP contribution < -0.4 is 10.6 Å². The van der Waals surface area contributed by atoms with E-state index in [-0.39, 0.29) is 11.3 Å². The summed E-state index contributed by atoms with van der Waals surface area (Å²) >= 11 is 3.38. The highest BCUT2D eigenvalue weighted by atomic mass is 79.9. The molecule has 0 bridgehead atoms. The molecule has 2 rings (SSSR count). The number of anilines is 2. The van der Waals surface area contributed by atoms with Crippen LogP contribution in [-0.2, 0) is 6.54 Å². The number of halogens is 2. The van der Waals surface area contributed by atoms with Crippen LogP contribution in [-0.4, -0.2) is 18.1 Å². The van der Waals surface area contributed by atoms with E-state index in [9.17, 15) is 14.3 Å². The predicted octanol–water partition coefficient (Wildman–Crippen LogP) is 3.51. The molecule has 0 aliphatic carbocycles. The number of carboxylic acid groups (broad SMARTS) is 1. The van der Waals surface area contributed by atoms with Gasteiger partial charge < -0.3 is 15.7 Å². The lowest BCUT2D eigenvalue weighted by molar-refractivity contribution is 0.0698. The second kappa shape index (κ2) is 6.13. The van der Waals surface area contributed by atoms with E-state index in [1.165, 1.54) is 12.1 Å². The van der Waals surface area contributed by atoms with Crippen LogP contribution in [0.3, 0.4) is 0 Å². The van der Waals surface area contributed by atoms with Crippen molar-refractivity contribution in [3.8, 4) is 0 Å². The van der Waals surface area contributed by atoms with Crippen molar-refractivity contribution in [3.63, 3.8) is 0 Å². The summed E-state index contributed by atoms with van der Waals surface area (Å²) in [6, 6.07) is 10.3. The van der Waals surface area contributed by atoms with E-state index in [1.807, 2.05) is 24.3 Å². The van der Waals surface area contributed by atoms with E-state index >= 15 is 0 Å². The minimum atomic E-state index is -1.25. The summed E-state index contributed by atoms with van der Waals surface area (Å²) in [4.78, 5) is 13.0. The van der Waals surface area contributed by atoms with Crippen LogP contribution in [0.5, 0.6) is 0 Å². The highest BCUT2D eigenvalue weighted by Crippen LogP contribution is 2.28. The Morgan fingerprint density at radius 1 is 1.38 bits per heavy atom. The summed E-state index contributed by atoms with van der Waals surface area (Å²) in [6.07, 6.45) is 0. The molecule has 0 atom stereocenters. The van der Waals surface area contributed by atoms with Crippen molar-refractivity contribution < 1.29 is 14.3 Å². The first kappa shape index (κ1) is 15.3. The molecule has 0 saturated heterocycles. The molecule has 0 unspecified atom stereocenters. The largest absolute Gasteiger partial charge is 0.478 e. The summed E-state index contributed by atoms with van der Waals surface area (Å²) in [5.74, 6) is -1.98. The molecule has 0 radical (unpaired) electrons. The lowest BCUT2D eigenvalue weighted by Gasteiger charge is -2.22. The van der Waals surface area contributed by atoms with Gasteiger partial charge in [-0.2, -0.15) is 0 Å². The normalized spacial score (nSPS) is 10.4. The molecule has 0 saturated carbocycles. The Kier molecular flexibility index (Phi) is 4.47. The number of carboxylic acids is 1. The molecule has 21 heavy (non-hydrogen) atoms. The predicted molar refractivity (Wildman–Crippen MR) is 84.0 cm³/mol. The Balaban J connectivity index is 2.37. The summed E-state index contributed by atoms with van der Waals surface area (Å²) in [5, 5.41) is 9.25. The summed E-state index contributed by atoms with van der Waals surface area (Å²) in [6.45, 7) is 0.477. The van der Waals surface area contributed by atoms with Gasteiger partial charge in [0.15, 0.2) is 0 Å². The van der Waals surface area contributed by atoms with Gasteiger partial charge >= 0.3 is 5.97 Å². The molecular weight excluding hydrogens is 339 g/mol. The van der Waals surface area contributed by atoms with Gasteiger partial charge in [0.1, 0.15) is 11.4 Å². The number of benzene rings is 2. The fourth-order valence-electron chi connectivity index (χ4n) is 2.12. The smallest absolute Gasteiger partial charge is 0.340 e. The molecule has 0 spiro atoms. The topological polar surface area (TPSA) is 66.6 Å². The fourth-order valence-corrected chi connectivity index (χ4v) is 2.57. The third-order valence-electron chi connectivity index (χ3n) is 3.10. The van der Waals surface area contributed by atoms with Gasteiger partial charge in [-0.1, -0.05) is 28.1 Å². The molecule has 2 aromatic rings. The molecule has 0 aromatic heterocycles. The van der Waals surface area contributed by atoms with Gasteiger partial charge in [0, 0.05) is 18.1 Å². The molecule has 0 aliphatic heterocycles. The number of hydrogen-bond donors (Lipinski definition) is 2. The molecule has 6 heteroatoms. The number of nitrogen functional groups attached to an aromatic ring is 1. The second-order valence-corrected chi connectivity index (χ2v) is 5.56. The zero-order valence-corrected chi connectivity index (χ0v) is 12.9. The number of carbonyl (C=O) groups is 1. The molecule has 2 aromatic carbocycles. The maximum absolute atomic E-state index is 13.4. The van der Waals surface area contributed by atoms with Crippen molar-refractivity contribution in [2.45, 2.75) is 6.54 Å². The number of hydrogen-bond acceptors (Lipinski definition) is 3. The van der Waals surface area contributed by atoms with E-state index < -0.39 is 11.8 Å². The first-order valence-corrected chi connectivity index (χ1v) is 6.96. The van der Waals surface area contributed by atoms with Crippen LogP contribution in [0, 0.1) is 5.82 Å². The first-order valence-electron chi connectivity index (χ1n) is 6.17. The molecule has 3 N–H and O–H groups in total. The number of nitrogens with two attached hydrogens (primary N) is 1. The van der Waals surface area contributed by atoms with Crippen molar-refractivity contribution in [2.75, 3.05) is 17.7 Å². The fraction of sp³-hybridized carbons (Fsp3) is 0.133. The van der Waals surface area contributed by atoms with Crippen LogP contribution in [0.1, 0.15) is 15.9 Å². The van der Waals surface area contributed by atoms with Crippen molar-refractivity contribution in [2.24, 2.45) is 0 Å². The SMILES string of the molecule is CN(Cc1cccc(Br)c1)c1ccc(F)c(N)c1C(=O)O. The van der Waals surface area contributed by atoms with Crippen molar-refractivity contribution >= 4 is 33.3 Å². The standard InChI is InChI=1S/C15H14BrFN2O2/c1-19(8-9-3-2-4-10(16)7-9)12-6-5-11(17)14(18)13(12)15(20)21/h2-7H,8,18H2,1H3,(H,20,21). The van der Waals surface area contributed by atoms with Crippen LogP contribution in [0.25, 0.3) is 0 Å². The van der Waals surface area contributed by atoms with Crippen LogP contribution in [0.15, 0.2) is 40.9 Å². The van der Waals surface area contributed by atoms with Gasteiger partial charge in [-0.05, 0) is 29.8 Å². The van der Waals surface area contributed by atoms with E-state index in [1.54, 1.807) is 11.9 Å². The Hall–Kier alpha value is -2.08. The van der Waals surface area contributed by atoms with Gasteiger partial charge in [0.05, 0.1) is 11.4 Å². The molecule has 0 heterocycles. The third kappa shape index (κ3) is 3.33. The van der Waals surface area contributed by atoms with Crippen molar-refractivity contribution in [1.29, 1.82) is 0 Å². The molecule has 0 amide bonds. The summed E-state index contributed by atoms with van der Waals surface area (Å²) in [7, 11) is 1.74. The molecule has 0 aliphatic rings. The Morgan fingerprint density at radius 2 is 2.10 bits per heavy atom. The zero-order chi connectivity index (χ0) is 15.6. The first-order chi connectivity index (χ1) is 9.90. The Bertz CT molecular complexity index is 691. The van der Waals surface area contributed by atoms with Crippen LogP contribution in [0.2, 0.25) is 0 Å². The summed E-state index contributed by atoms with van der Waals surface area (Å²) < 4.78 is 14.4. The highest BCUT2D eigenvalue weighted by Gasteiger charge is 2.20. The van der Waals surface area contributed by atoms with Gasteiger partial charge in [0.2, 0.25) is 0 Å². The number of rotatable bonds is 4. The van der Waals surface area contributed by atoms with Gasteiger partial charge in [0.25, 0.3) is 0 Å². The van der Waals surface area contributed by atoms with Crippen LogP contribution >= 0.6 is 15.9 Å². The third-order valence-corrected chi connectivity index (χ3v) is 3.60. The highest BCUT2D eigenvalue weighted by molar-refractivity contribution is 9.10. The monoisotopic (exact) mass is 352 g/mol. The molecule has 110 valence electrons. The number of nitrogens with zero attached hydrogens (tertiary/aromatic N) is 1. The zero-order valence-electron chi connectivity index (χ0n) is 11.3. The average molecular weight is 353 g/mol. The molecule has 0 fully saturated rings. The second-order valence-electron chi connectivity index (χ2n) is 4.65. The average Bonchev–Trinajstić information content (AvgIpc) is 2.41. The Morgan fingerprint density at radius 3 is 2.71 bits per heavy atom. The van der Waals surface area contributed by atoms with Gasteiger partial charge in [-0.15, -0.1) is 0 Å². The van der Waals surface area contributed by atoms with Gasteiger partial charge in [-0.3, -0.25) is 0 Å². The number of aromatic carboxylic acids is 1. The lowest BCUT2D eigenvalue weighted by Crippen LogP contribution is -2.20. The van der Waals surface area contributed by atoms with E-state index in [0.717, 1.165) is 10.0 Å². The van der Waals surface area contributed by atoms with E-state index in [2.05, 4.69) is 15.9 Å². The van der Waals surface area contributed by atoms with Crippen molar-refractivity contribution in [1.82, 2.24) is 0 Å². The molecular formula is C15H14BrFN2O2. The van der Waals surface area contributed by atoms with Crippen LogP contribution in [0.4, 0.5) is 15.8 Å². The minimum Gasteiger partial charge on any atom is -0.478 e. The lowest BCUT2D eigenvalue weighted by atomic mass is 10.1. The van der Waals surface area contributed by atoms with E-state index in [4.69, 9.17) is 5.73 Å². The molecule has 4 nitrogen and oxygen atoms in total. The van der Waals surface area contributed by atoms with E-state index in [0.29, 0.717) is 12.2 Å². The maximum Gasteiger partial charge on any atom is 0.340 e. The minimum absolute atomic E-state index is 0.215.